The van der Waals surface area contributed by atoms with Gasteiger partial charge >= 0.3 is 6.18 Å². The highest BCUT2D eigenvalue weighted by Gasteiger charge is 2.36. The number of benzene rings is 1. The molecule has 1 amide bonds. The maximum Gasteiger partial charge on any atom is 0.417 e. The molecule has 0 aliphatic carbocycles. The number of hydrogen-bond donors (Lipinski definition) is 2. The molecule has 5 nitrogen and oxygen atoms in total. The third-order valence-electron chi connectivity index (χ3n) is 3.93. The molecule has 27 heavy (non-hydrogen) atoms. The molecule has 0 unspecified atom stereocenters. The van der Waals surface area contributed by atoms with Crippen LogP contribution in [0, 0.1) is 0 Å². The number of hydrogen-bond acceptors (Lipinski definition) is 5. The highest BCUT2D eigenvalue weighted by molar-refractivity contribution is 7.21. The van der Waals surface area contributed by atoms with E-state index in [0.29, 0.717) is 17.9 Å². The van der Waals surface area contributed by atoms with E-state index in [4.69, 9.17) is 10.5 Å². The number of nitrogens with two attached hydrogens (primary N) is 1. The molecule has 0 saturated carbocycles. The number of nitrogens with one attached hydrogen (secondary N) is 1. The van der Waals surface area contributed by atoms with E-state index in [1.54, 1.807) is 31.2 Å². The number of rotatable bonds is 4. The lowest BCUT2D eigenvalue weighted by Gasteiger charge is -2.11. The smallest absolute Gasteiger partial charge is 0.417 e. The first-order valence-electron chi connectivity index (χ1n) is 7.99. The predicted octanol–water partition coefficient (Wildman–Crippen LogP) is 4.32. The van der Waals surface area contributed by atoms with Crippen LogP contribution >= 0.6 is 11.3 Å². The van der Waals surface area contributed by atoms with Gasteiger partial charge in [0.15, 0.2) is 0 Å². The number of nitrogen functional groups attached to an aromatic ring is 1. The number of carbonyl (C=O) groups is 1. The van der Waals surface area contributed by atoms with Crippen molar-refractivity contribution in [2.45, 2.75) is 13.1 Å². The van der Waals surface area contributed by atoms with Gasteiger partial charge in [-0.3, -0.25) is 4.79 Å². The van der Waals surface area contributed by atoms with Crippen LogP contribution in [0.5, 0.6) is 5.75 Å². The van der Waals surface area contributed by atoms with Crippen LogP contribution in [-0.4, -0.2) is 24.5 Å². The third-order valence-corrected chi connectivity index (χ3v) is 5.03. The number of carbonyl (C=O) groups excluding carboxylic acids is 1. The van der Waals surface area contributed by atoms with Crippen molar-refractivity contribution < 1.29 is 22.7 Å². The standard InChI is InChI=1S/C18H16F3N3O2S/c1-3-23-16(25)15-14(22)13-11(18(19,20)21)8-12(24-17(13)27-15)9-4-6-10(26-2)7-5-9/h4-8H,3,22H2,1-2H3,(H,23,25). The zero-order chi connectivity index (χ0) is 19.8. The Kier molecular flexibility index (Phi) is 4.97. The molecule has 0 spiro atoms. The topological polar surface area (TPSA) is 77.2 Å². The van der Waals surface area contributed by atoms with Crippen LogP contribution in [0.3, 0.4) is 0 Å². The molecule has 0 bridgehead atoms. The Morgan fingerprint density at radius 1 is 1.30 bits per heavy atom. The van der Waals surface area contributed by atoms with Crippen molar-refractivity contribution in [3.8, 4) is 17.0 Å². The fourth-order valence-corrected chi connectivity index (χ4v) is 3.70. The van der Waals surface area contributed by atoms with Gasteiger partial charge in [-0.05, 0) is 37.3 Å². The molecule has 0 radical (unpaired) electrons. The van der Waals surface area contributed by atoms with E-state index < -0.39 is 17.6 Å². The SMILES string of the molecule is CCNC(=O)c1sc2nc(-c3ccc(OC)cc3)cc(C(F)(F)F)c2c1N. The molecule has 2 heterocycles. The van der Waals surface area contributed by atoms with Gasteiger partial charge in [-0.1, -0.05) is 0 Å². The summed E-state index contributed by atoms with van der Waals surface area (Å²) in [5.41, 5.74) is 5.40. The quantitative estimate of drug-likeness (QED) is 0.690. The minimum absolute atomic E-state index is 0.0248. The molecule has 3 N–H and O–H groups in total. The third kappa shape index (κ3) is 3.55. The van der Waals surface area contributed by atoms with Crippen LogP contribution in [0.1, 0.15) is 22.2 Å². The number of nitrogens with zero attached hydrogens (tertiary/aromatic N) is 1. The molecule has 2 aromatic heterocycles. The number of halogens is 3. The summed E-state index contributed by atoms with van der Waals surface area (Å²) in [7, 11) is 1.50. The van der Waals surface area contributed by atoms with Crippen LogP contribution in [0.15, 0.2) is 30.3 Å². The highest BCUT2D eigenvalue weighted by atomic mass is 32.1. The van der Waals surface area contributed by atoms with Crippen molar-refractivity contribution >= 4 is 33.1 Å². The number of anilines is 1. The Balaban J connectivity index is 2.24. The number of amides is 1. The van der Waals surface area contributed by atoms with Crippen molar-refractivity contribution in [1.82, 2.24) is 10.3 Å². The van der Waals surface area contributed by atoms with Crippen LogP contribution in [0.4, 0.5) is 18.9 Å². The molecule has 0 saturated heterocycles. The molecular formula is C18H16F3N3O2S. The van der Waals surface area contributed by atoms with Crippen molar-refractivity contribution in [2.24, 2.45) is 0 Å². The summed E-state index contributed by atoms with van der Waals surface area (Å²) in [4.78, 5) is 16.5. The van der Waals surface area contributed by atoms with Gasteiger partial charge in [0.05, 0.1) is 24.1 Å². The normalized spacial score (nSPS) is 11.6. The van der Waals surface area contributed by atoms with Crippen LogP contribution < -0.4 is 15.8 Å². The molecule has 0 aliphatic heterocycles. The summed E-state index contributed by atoms with van der Waals surface area (Å²) in [5, 5.41) is 2.30. The maximum atomic E-state index is 13.7. The minimum Gasteiger partial charge on any atom is -0.497 e. The number of fused-ring (bicyclic) bond motifs is 1. The largest absolute Gasteiger partial charge is 0.497 e. The molecule has 142 valence electrons. The molecule has 0 aliphatic rings. The van der Waals surface area contributed by atoms with Crippen LogP contribution in [-0.2, 0) is 6.18 Å². The monoisotopic (exact) mass is 395 g/mol. The van der Waals surface area contributed by atoms with Gasteiger partial charge in [-0.15, -0.1) is 11.3 Å². The maximum absolute atomic E-state index is 13.7. The first kappa shape index (κ1) is 19.0. The summed E-state index contributed by atoms with van der Waals surface area (Å²) in [6, 6.07) is 7.47. The average molecular weight is 395 g/mol. The molecule has 3 rings (SSSR count). The zero-order valence-electron chi connectivity index (χ0n) is 14.5. The Morgan fingerprint density at radius 3 is 2.52 bits per heavy atom. The molecular weight excluding hydrogens is 379 g/mol. The van der Waals surface area contributed by atoms with Crippen molar-refractivity contribution in [2.75, 3.05) is 19.4 Å². The van der Waals surface area contributed by atoms with Crippen LogP contribution in [0.2, 0.25) is 0 Å². The molecule has 0 atom stereocenters. The number of methoxy groups -OCH3 is 1. The van der Waals surface area contributed by atoms with Gasteiger partial charge in [0.1, 0.15) is 15.5 Å². The van der Waals surface area contributed by atoms with E-state index >= 15 is 0 Å². The average Bonchev–Trinajstić information content (AvgIpc) is 2.97. The number of ether oxygens (including phenoxy) is 1. The molecule has 1 aromatic carbocycles. The van der Waals surface area contributed by atoms with E-state index in [9.17, 15) is 18.0 Å². The summed E-state index contributed by atoms with van der Waals surface area (Å²) < 4.78 is 46.1. The van der Waals surface area contributed by atoms with E-state index in [2.05, 4.69) is 10.3 Å². The number of thiophene rings is 1. The first-order chi connectivity index (χ1) is 12.8. The lowest BCUT2D eigenvalue weighted by Crippen LogP contribution is -2.22. The summed E-state index contributed by atoms with van der Waals surface area (Å²) in [6.45, 7) is 2.05. The molecule has 0 fully saturated rings. The van der Waals surface area contributed by atoms with Gasteiger partial charge in [0.2, 0.25) is 0 Å². The second kappa shape index (κ2) is 7.07. The first-order valence-corrected chi connectivity index (χ1v) is 8.80. The zero-order valence-corrected chi connectivity index (χ0v) is 15.3. The summed E-state index contributed by atoms with van der Waals surface area (Å²) in [6.07, 6.45) is -4.64. The van der Waals surface area contributed by atoms with E-state index in [1.165, 1.54) is 7.11 Å². The molecule has 3 aromatic rings. The Labute approximate surface area is 157 Å². The Bertz CT molecular complexity index is 998. The van der Waals surface area contributed by atoms with E-state index in [0.717, 1.165) is 17.4 Å². The Morgan fingerprint density at radius 2 is 1.96 bits per heavy atom. The second-order valence-corrected chi connectivity index (χ2v) is 6.66. The minimum atomic E-state index is -4.64. The van der Waals surface area contributed by atoms with Gasteiger partial charge in [0.25, 0.3) is 5.91 Å². The summed E-state index contributed by atoms with van der Waals surface area (Å²) in [5.74, 6) is 0.0619. The van der Waals surface area contributed by atoms with Gasteiger partial charge in [-0.25, -0.2) is 4.98 Å². The van der Waals surface area contributed by atoms with Crippen molar-refractivity contribution in [1.29, 1.82) is 0 Å². The number of pyridine rings is 1. The van der Waals surface area contributed by atoms with Gasteiger partial charge in [0, 0.05) is 17.5 Å². The number of aromatic nitrogens is 1. The predicted molar refractivity (Wildman–Crippen MR) is 99.0 cm³/mol. The number of alkyl halides is 3. The lowest BCUT2D eigenvalue weighted by molar-refractivity contribution is -0.136. The van der Waals surface area contributed by atoms with Gasteiger partial charge in [-0.2, -0.15) is 13.2 Å². The lowest BCUT2D eigenvalue weighted by atomic mass is 10.1. The second-order valence-electron chi connectivity index (χ2n) is 5.67. The van der Waals surface area contributed by atoms with Crippen molar-refractivity contribution in [3.63, 3.8) is 0 Å². The molecule has 9 heteroatoms. The van der Waals surface area contributed by atoms with E-state index in [1.807, 2.05) is 0 Å². The van der Waals surface area contributed by atoms with E-state index in [-0.39, 0.29) is 26.5 Å². The van der Waals surface area contributed by atoms with Gasteiger partial charge < -0.3 is 15.8 Å². The Hall–Kier alpha value is -2.81. The van der Waals surface area contributed by atoms with Crippen LogP contribution in [0.25, 0.3) is 21.5 Å². The summed E-state index contributed by atoms with van der Waals surface area (Å²) >= 11 is 0.846. The highest BCUT2D eigenvalue weighted by Crippen LogP contribution is 2.43. The fraction of sp³-hybridized carbons (Fsp3) is 0.222. The fourth-order valence-electron chi connectivity index (χ4n) is 2.66. The van der Waals surface area contributed by atoms with Crippen molar-refractivity contribution in [3.05, 3.63) is 40.8 Å².